The van der Waals surface area contributed by atoms with E-state index in [-0.39, 0.29) is 0 Å². The quantitative estimate of drug-likeness (QED) is 0.535. The Balaban J connectivity index is 1.86. The molecule has 164 valence electrons. The lowest BCUT2D eigenvalue weighted by atomic mass is 10.0. The van der Waals surface area contributed by atoms with Crippen LogP contribution in [0.3, 0.4) is 0 Å². The first-order valence-electron chi connectivity index (χ1n) is 11.0. The second-order valence-electron chi connectivity index (χ2n) is 8.22. The number of ether oxygens (including phenoxy) is 1. The van der Waals surface area contributed by atoms with Gasteiger partial charge < -0.3 is 15.4 Å². The summed E-state index contributed by atoms with van der Waals surface area (Å²) >= 11 is 0. The summed E-state index contributed by atoms with van der Waals surface area (Å²) in [6, 6.07) is 12.2. The van der Waals surface area contributed by atoms with E-state index in [0.29, 0.717) is 24.3 Å². The first-order valence-corrected chi connectivity index (χ1v) is 11.0. The maximum atomic E-state index is 12.4. The standard InChI is InChI=1S/C25H27N5O2/c1-4-20-15(2)24(18-7-5-6-8-21(18)28-20)30-16(3)27-23-19(25(26)31)13-17(14-22(23)30)29-9-11-32-12-10-29/h5-8,13-14H,4,9-12H2,1-3H3,(H2,26,31). The minimum absolute atomic E-state index is 0.442. The van der Waals surface area contributed by atoms with Gasteiger partial charge in [-0.2, -0.15) is 0 Å². The van der Waals surface area contributed by atoms with Crippen LogP contribution in [0.5, 0.6) is 0 Å². The van der Waals surface area contributed by atoms with Crippen molar-refractivity contribution in [2.75, 3.05) is 31.2 Å². The Hall–Kier alpha value is -3.45. The number of rotatable bonds is 4. The molecule has 1 aliphatic heterocycles. The Morgan fingerprint density at radius 1 is 1.12 bits per heavy atom. The zero-order valence-electron chi connectivity index (χ0n) is 18.7. The summed E-state index contributed by atoms with van der Waals surface area (Å²) in [7, 11) is 0. The van der Waals surface area contributed by atoms with Crippen molar-refractivity contribution in [1.82, 2.24) is 14.5 Å². The topological polar surface area (TPSA) is 86.3 Å². The van der Waals surface area contributed by atoms with Crippen LogP contribution in [0.25, 0.3) is 27.6 Å². The van der Waals surface area contributed by atoms with E-state index in [1.165, 1.54) is 0 Å². The van der Waals surface area contributed by atoms with Gasteiger partial charge in [0.2, 0.25) is 0 Å². The van der Waals surface area contributed by atoms with Crippen LogP contribution in [0.2, 0.25) is 0 Å². The van der Waals surface area contributed by atoms with Crippen molar-refractivity contribution < 1.29 is 9.53 Å². The number of aryl methyl sites for hydroxylation is 2. The van der Waals surface area contributed by atoms with Crippen molar-refractivity contribution in [2.45, 2.75) is 27.2 Å². The van der Waals surface area contributed by atoms with Gasteiger partial charge in [-0.15, -0.1) is 0 Å². The number of anilines is 1. The normalized spacial score (nSPS) is 14.4. The van der Waals surface area contributed by atoms with Crippen molar-refractivity contribution >= 4 is 33.5 Å². The maximum absolute atomic E-state index is 12.4. The summed E-state index contributed by atoms with van der Waals surface area (Å²) < 4.78 is 7.67. The third-order valence-electron chi connectivity index (χ3n) is 6.32. The van der Waals surface area contributed by atoms with Gasteiger partial charge in [0.25, 0.3) is 5.91 Å². The molecule has 1 amide bonds. The second-order valence-corrected chi connectivity index (χ2v) is 8.22. The minimum Gasteiger partial charge on any atom is -0.378 e. The fourth-order valence-electron chi connectivity index (χ4n) is 4.72. The molecule has 0 spiro atoms. The van der Waals surface area contributed by atoms with Gasteiger partial charge in [-0.1, -0.05) is 25.1 Å². The van der Waals surface area contributed by atoms with E-state index in [2.05, 4.69) is 35.4 Å². The summed E-state index contributed by atoms with van der Waals surface area (Å²) in [6.45, 7) is 9.07. The van der Waals surface area contributed by atoms with Crippen LogP contribution >= 0.6 is 0 Å². The first-order chi connectivity index (χ1) is 15.5. The maximum Gasteiger partial charge on any atom is 0.251 e. The Labute approximate surface area is 186 Å². The molecule has 2 aromatic carbocycles. The average molecular weight is 430 g/mol. The van der Waals surface area contributed by atoms with E-state index in [1.54, 1.807) is 0 Å². The van der Waals surface area contributed by atoms with Crippen molar-refractivity contribution in [3.8, 4) is 5.69 Å². The second kappa shape index (κ2) is 7.91. The van der Waals surface area contributed by atoms with Gasteiger partial charge >= 0.3 is 0 Å². The highest BCUT2D eigenvalue weighted by Crippen LogP contribution is 2.34. The SMILES string of the molecule is CCc1nc2ccccc2c(-n2c(C)nc3c(C(N)=O)cc(N4CCOCC4)cc32)c1C. The van der Waals surface area contributed by atoms with E-state index >= 15 is 0 Å². The Bertz CT molecular complexity index is 1350. The van der Waals surface area contributed by atoms with Crippen molar-refractivity contribution in [1.29, 1.82) is 0 Å². The highest BCUT2D eigenvalue weighted by Gasteiger charge is 2.23. The van der Waals surface area contributed by atoms with Crippen LogP contribution in [0.15, 0.2) is 36.4 Å². The molecule has 4 aromatic rings. The molecule has 2 N–H and O–H groups in total. The number of amides is 1. The largest absolute Gasteiger partial charge is 0.378 e. The molecule has 1 fully saturated rings. The number of primary amides is 1. The van der Waals surface area contributed by atoms with Crippen molar-refractivity contribution in [3.05, 3.63) is 59.0 Å². The molecule has 32 heavy (non-hydrogen) atoms. The van der Waals surface area contributed by atoms with E-state index in [1.807, 2.05) is 31.2 Å². The monoisotopic (exact) mass is 429 g/mol. The number of nitrogens with zero attached hydrogens (tertiary/aromatic N) is 4. The van der Waals surface area contributed by atoms with Gasteiger partial charge in [0.15, 0.2) is 0 Å². The molecule has 1 saturated heterocycles. The van der Waals surface area contributed by atoms with E-state index in [9.17, 15) is 4.79 Å². The fourth-order valence-corrected chi connectivity index (χ4v) is 4.72. The predicted molar refractivity (Wildman–Crippen MR) is 127 cm³/mol. The van der Waals surface area contributed by atoms with Crippen LogP contribution in [0.4, 0.5) is 5.69 Å². The molecule has 0 aliphatic carbocycles. The molecule has 0 bridgehead atoms. The molecule has 2 aromatic heterocycles. The molecule has 7 nitrogen and oxygen atoms in total. The number of hydrogen-bond acceptors (Lipinski definition) is 5. The van der Waals surface area contributed by atoms with Crippen LogP contribution in [0.1, 0.15) is 34.4 Å². The summed E-state index contributed by atoms with van der Waals surface area (Å²) in [4.78, 5) is 24.3. The van der Waals surface area contributed by atoms with E-state index < -0.39 is 5.91 Å². The number of carbonyl (C=O) groups excluding carboxylic acids is 1. The molecular weight excluding hydrogens is 402 g/mol. The first kappa shape index (κ1) is 20.5. The summed E-state index contributed by atoms with van der Waals surface area (Å²) in [5.41, 5.74) is 12.9. The zero-order chi connectivity index (χ0) is 22.4. The van der Waals surface area contributed by atoms with Crippen LogP contribution in [-0.2, 0) is 11.2 Å². The third-order valence-corrected chi connectivity index (χ3v) is 6.32. The summed E-state index contributed by atoms with van der Waals surface area (Å²) in [5.74, 6) is 0.337. The van der Waals surface area contributed by atoms with E-state index in [4.69, 9.17) is 20.4 Å². The van der Waals surface area contributed by atoms with Crippen molar-refractivity contribution in [3.63, 3.8) is 0 Å². The van der Waals surface area contributed by atoms with Gasteiger partial charge in [-0.25, -0.2) is 4.98 Å². The number of nitrogens with two attached hydrogens (primary N) is 1. The number of aromatic nitrogens is 3. The lowest BCUT2D eigenvalue weighted by molar-refractivity contribution is 0.100. The molecule has 5 rings (SSSR count). The number of carbonyl (C=O) groups is 1. The number of benzene rings is 2. The lowest BCUT2D eigenvalue weighted by Gasteiger charge is -2.29. The van der Waals surface area contributed by atoms with E-state index in [0.717, 1.165) is 64.4 Å². The highest BCUT2D eigenvalue weighted by atomic mass is 16.5. The molecular formula is C25H27N5O2. The number of morpholine rings is 1. The average Bonchev–Trinajstić information content (AvgIpc) is 3.14. The molecule has 1 aliphatic rings. The molecule has 7 heteroatoms. The molecule has 0 radical (unpaired) electrons. The Morgan fingerprint density at radius 3 is 2.59 bits per heavy atom. The highest BCUT2D eigenvalue weighted by molar-refractivity contribution is 6.06. The Morgan fingerprint density at radius 2 is 1.88 bits per heavy atom. The summed E-state index contributed by atoms with van der Waals surface area (Å²) in [6.07, 6.45) is 0.834. The van der Waals surface area contributed by atoms with Crippen molar-refractivity contribution in [2.24, 2.45) is 5.73 Å². The van der Waals surface area contributed by atoms with Gasteiger partial charge in [-0.05, 0) is 44.0 Å². The molecule has 0 saturated carbocycles. The summed E-state index contributed by atoms with van der Waals surface area (Å²) in [5, 5.41) is 1.06. The number of imidazole rings is 1. The van der Waals surface area contributed by atoms with Gasteiger partial charge in [0.05, 0.1) is 35.5 Å². The van der Waals surface area contributed by atoms with Crippen LogP contribution < -0.4 is 10.6 Å². The van der Waals surface area contributed by atoms with Crippen LogP contribution in [-0.4, -0.2) is 46.7 Å². The molecule has 0 atom stereocenters. The van der Waals surface area contributed by atoms with Gasteiger partial charge in [0.1, 0.15) is 11.3 Å². The molecule has 3 heterocycles. The third kappa shape index (κ3) is 3.20. The number of pyridine rings is 1. The Kier molecular flexibility index (Phi) is 5.06. The number of fused-ring (bicyclic) bond motifs is 2. The van der Waals surface area contributed by atoms with Gasteiger partial charge in [0, 0.05) is 29.9 Å². The van der Waals surface area contributed by atoms with Crippen LogP contribution in [0, 0.1) is 13.8 Å². The smallest absolute Gasteiger partial charge is 0.251 e. The van der Waals surface area contributed by atoms with Gasteiger partial charge in [-0.3, -0.25) is 14.3 Å². The number of para-hydroxylation sites is 1. The lowest BCUT2D eigenvalue weighted by Crippen LogP contribution is -2.36. The minimum atomic E-state index is -0.472. The number of hydrogen-bond donors (Lipinski definition) is 1. The molecule has 0 unspecified atom stereocenters. The fraction of sp³-hybridized carbons (Fsp3) is 0.320. The predicted octanol–water partition coefficient (Wildman–Crippen LogP) is 3.69. The zero-order valence-corrected chi connectivity index (χ0v) is 18.7.